The first-order valence-corrected chi connectivity index (χ1v) is 10.0. The van der Waals surface area contributed by atoms with Crippen LogP contribution >= 0.6 is 23.4 Å². The van der Waals surface area contributed by atoms with Crippen LogP contribution in [0.3, 0.4) is 0 Å². The van der Waals surface area contributed by atoms with E-state index in [-0.39, 0.29) is 0 Å². The van der Waals surface area contributed by atoms with Crippen molar-refractivity contribution in [3.05, 3.63) is 77.6 Å². The molecule has 27 heavy (non-hydrogen) atoms. The van der Waals surface area contributed by atoms with Crippen molar-refractivity contribution in [3.63, 3.8) is 0 Å². The van der Waals surface area contributed by atoms with E-state index in [0.29, 0.717) is 6.61 Å². The summed E-state index contributed by atoms with van der Waals surface area (Å²) in [7, 11) is 0. The summed E-state index contributed by atoms with van der Waals surface area (Å²) in [5.41, 5.74) is 4.12. The van der Waals surface area contributed by atoms with Crippen molar-refractivity contribution < 1.29 is 4.74 Å². The minimum Gasteiger partial charge on any atom is -0.494 e. The molecule has 0 aliphatic carbocycles. The Morgan fingerprint density at radius 3 is 2.74 bits per heavy atom. The summed E-state index contributed by atoms with van der Waals surface area (Å²) >= 11 is 7.75. The van der Waals surface area contributed by atoms with Crippen LogP contribution in [0.5, 0.6) is 5.75 Å². The van der Waals surface area contributed by atoms with Gasteiger partial charge in [-0.1, -0.05) is 35.5 Å². The van der Waals surface area contributed by atoms with Crippen molar-refractivity contribution in [1.29, 1.82) is 0 Å². The third kappa shape index (κ3) is 4.10. The lowest BCUT2D eigenvalue weighted by Gasteiger charge is -2.03. The van der Waals surface area contributed by atoms with Gasteiger partial charge in [0.05, 0.1) is 17.8 Å². The molecule has 0 aliphatic heterocycles. The molecule has 0 aliphatic rings. The molecule has 4 aromatic rings. The number of nitrogens with zero attached hydrogens (tertiary/aromatic N) is 3. The molecule has 2 heterocycles. The Morgan fingerprint density at radius 1 is 1.11 bits per heavy atom. The number of fused-ring (bicyclic) bond motifs is 1. The molecule has 0 fully saturated rings. The molecule has 0 amide bonds. The molecular formula is C21H18ClN3OS. The van der Waals surface area contributed by atoms with E-state index in [0.717, 1.165) is 38.3 Å². The molecule has 0 bridgehead atoms. The Bertz CT molecular complexity index is 1060. The predicted octanol–water partition coefficient (Wildman–Crippen LogP) is 5.74. The fraction of sp³-hybridized carbons (Fsp3) is 0.143. The summed E-state index contributed by atoms with van der Waals surface area (Å²) in [6, 6.07) is 18.0. The zero-order chi connectivity index (χ0) is 18.6. The number of hydrogen-bond donors (Lipinski definition) is 0. The van der Waals surface area contributed by atoms with Crippen LogP contribution in [0.2, 0.25) is 5.02 Å². The fourth-order valence-corrected chi connectivity index (χ4v) is 3.95. The third-order valence-corrected chi connectivity index (χ3v) is 5.38. The maximum atomic E-state index is 6.08. The molecular weight excluding hydrogens is 378 g/mol. The number of ether oxygens (including phenoxy) is 1. The average Bonchev–Trinajstić information content (AvgIpc) is 3.12. The van der Waals surface area contributed by atoms with Crippen molar-refractivity contribution in [2.75, 3.05) is 6.61 Å². The SMILES string of the molecule is CCOc1ccc(-c2cc3c(SCc4cccc(Cl)c4)nccn3n2)cc1. The first kappa shape index (κ1) is 17.9. The van der Waals surface area contributed by atoms with Crippen molar-refractivity contribution in [3.8, 4) is 17.0 Å². The Hall–Kier alpha value is -2.50. The average molecular weight is 396 g/mol. The van der Waals surface area contributed by atoms with Gasteiger partial charge in [0.1, 0.15) is 10.8 Å². The maximum absolute atomic E-state index is 6.08. The van der Waals surface area contributed by atoms with Gasteiger partial charge in [-0.15, -0.1) is 0 Å². The lowest BCUT2D eigenvalue weighted by molar-refractivity contribution is 0.340. The second-order valence-electron chi connectivity index (χ2n) is 5.97. The van der Waals surface area contributed by atoms with Gasteiger partial charge in [-0.3, -0.25) is 0 Å². The summed E-state index contributed by atoms with van der Waals surface area (Å²) < 4.78 is 7.38. The van der Waals surface area contributed by atoms with Crippen LogP contribution in [0.25, 0.3) is 16.8 Å². The van der Waals surface area contributed by atoms with Crippen LogP contribution in [0.1, 0.15) is 12.5 Å². The molecule has 0 radical (unpaired) electrons. The fourth-order valence-electron chi connectivity index (χ4n) is 2.82. The molecule has 0 atom stereocenters. The highest BCUT2D eigenvalue weighted by Crippen LogP contribution is 2.29. The second-order valence-corrected chi connectivity index (χ2v) is 7.37. The van der Waals surface area contributed by atoms with E-state index in [9.17, 15) is 0 Å². The third-order valence-electron chi connectivity index (χ3n) is 4.08. The maximum Gasteiger partial charge on any atom is 0.122 e. The van der Waals surface area contributed by atoms with Crippen LogP contribution in [-0.2, 0) is 5.75 Å². The molecule has 0 spiro atoms. The van der Waals surface area contributed by atoms with Crippen LogP contribution in [0.15, 0.2) is 72.0 Å². The highest BCUT2D eigenvalue weighted by atomic mass is 35.5. The van der Waals surface area contributed by atoms with Crippen LogP contribution < -0.4 is 4.74 Å². The topological polar surface area (TPSA) is 39.4 Å². The second kappa shape index (κ2) is 8.03. The van der Waals surface area contributed by atoms with E-state index in [1.54, 1.807) is 18.0 Å². The standard InChI is InChI=1S/C21H18ClN3OS/c1-2-26-18-8-6-16(7-9-18)19-13-20-21(23-10-11-25(20)24-19)27-14-15-4-3-5-17(22)12-15/h3-13H,2,14H2,1H3. The lowest BCUT2D eigenvalue weighted by Crippen LogP contribution is -1.92. The summed E-state index contributed by atoms with van der Waals surface area (Å²) in [5, 5.41) is 6.39. The monoisotopic (exact) mass is 395 g/mol. The summed E-state index contributed by atoms with van der Waals surface area (Å²) in [6.45, 7) is 2.64. The molecule has 4 nitrogen and oxygen atoms in total. The zero-order valence-electron chi connectivity index (χ0n) is 14.8. The van der Waals surface area contributed by atoms with E-state index in [1.165, 1.54) is 5.56 Å². The molecule has 2 aromatic carbocycles. The zero-order valence-corrected chi connectivity index (χ0v) is 16.4. The molecule has 6 heteroatoms. The summed E-state index contributed by atoms with van der Waals surface area (Å²) in [6.07, 6.45) is 3.65. The molecule has 136 valence electrons. The van der Waals surface area contributed by atoms with E-state index >= 15 is 0 Å². The summed E-state index contributed by atoms with van der Waals surface area (Å²) in [5.74, 6) is 1.67. The Balaban J connectivity index is 1.59. The molecule has 0 unspecified atom stereocenters. The molecule has 0 saturated carbocycles. The number of rotatable bonds is 6. The number of thioether (sulfide) groups is 1. The number of hydrogen-bond acceptors (Lipinski definition) is 4. The van der Waals surface area contributed by atoms with E-state index in [2.05, 4.69) is 22.2 Å². The number of halogens is 1. The quantitative estimate of drug-likeness (QED) is 0.390. The van der Waals surface area contributed by atoms with E-state index in [1.807, 2.05) is 60.1 Å². The molecule has 2 aromatic heterocycles. The smallest absolute Gasteiger partial charge is 0.122 e. The van der Waals surface area contributed by atoms with E-state index < -0.39 is 0 Å². The highest BCUT2D eigenvalue weighted by molar-refractivity contribution is 7.98. The summed E-state index contributed by atoms with van der Waals surface area (Å²) in [4.78, 5) is 4.54. The van der Waals surface area contributed by atoms with Crippen LogP contribution in [0, 0.1) is 0 Å². The van der Waals surface area contributed by atoms with Gasteiger partial charge in [-0.25, -0.2) is 9.50 Å². The van der Waals surface area contributed by atoms with Gasteiger partial charge in [0.15, 0.2) is 0 Å². The van der Waals surface area contributed by atoms with Crippen molar-refractivity contribution in [1.82, 2.24) is 14.6 Å². The Morgan fingerprint density at radius 2 is 1.96 bits per heavy atom. The van der Waals surface area contributed by atoms with Crippen molar-refractivity contribution >= 4 is 28.9 Å². The van der Waals surface area contributed by atoms with Gasteiger partial charge < -0.3 is 4.74 Å². The Labute approximate surface area is 167 Å². The van der Waals surface area contributed by atoms with Crippen LogP contribution in [-0.4, -0.2) is 21.2 Å². The number of benzene rings is 2. The van der Waals surface area contributed by atoms with Gasteiger partial charge >= 0.3 is 0 Å². The van der Waals surface area contributed by atoms with Crippen LogP contribution in [0.4, 0.5) is 0 Å². The molecule has 0 saturated heterocycles. The number of aromatic nitrogens is 3. The van der Waals surface area contributed by atoms with Gasteiger partial charge in [0.25, 0.3) is 0 Å². The first-order valence-electron chi connectivity index (χ1n) is 8.68. The minimum atomic E-state index is 0.659. The van der Waals surface area contributed by atoms with Crippen molar-refractivity contribution in [2.24, 2.45) is 0 Å². The highest BCUT2D eigenvalue weighted by Gasteiger charge is 2.10. The van der Waals surface area contributed by atoms with E-state index in [4.69, 9.17) is 16.3 Å². The first-order chi connectivity index (χ1) is 13.2. The van der Waals surface area contributed by atoms with Crippen molar-refractivity contribution in [2.45, 2.75) is 17.7 Å². The Kier molecular flexibility index (Phi) is 5.32. The molecule has 4 rings (SSSR count). The lowest BCUT2D eigenvalue weighted by atomic mass is 10.1. The largest absolute Gasteiger partial charge is 0.494 e. The van der Waals surface area contributed by atoms with Gasteiger partial charge in [0, 0.05) is 28.7 Å². The van der Waals surface area contributed by atoms with Gasteiger partial charge in [0.2, 0.25) is 0 Å². The van der Waals surface area contributed by atoms with Gasteiger partial charge in [-0.05, 0) is 55.0 Å². The van der Waals surface area contributed by atoms with Gasteiger partial charge in [-0.2, -0.15) is 5.10 Å². The normalized spacial score (nSPS) is 11.0. The minimum absolute atomic E-state index is 0.659. The molecule has 0 N–H and O–H groups in total. The predicted molar refractivity (Wildman–Crippen MR) is 111 cm³/mol.